The van der Waals surface area contributed by atoms with E-state index in [-0.39, 0.29) is 10.7 Å². The molecule has 1 saturated heterocycles. The summed E-state index contributed by atoms with van der Waals surface area (Å²) < 4.78 is 13.2. The van der Waals surface area contributed by atoms with Crippen molar-refractivity contribution >= 4 is 23.5 Å². The maximum absolute atomic E-state index is 13.2. The molecule has 114 valence electrons. The quantitative estimate of drug-likeness (QED) is 0.846. The Labute approximate surface area is 126 Å². The van der Waals surface area contributed by atoms with Gasteiger partial charge in [-0.2, -0.15) is 0 Å². The van der Waals surface area contributed by atoms with Crippen molar-refractivity contribution in [2.75, 3.05) is 26.2 Å². The van der Waals surface area contributed by atoms with Crippen LogP contribution in [0.2, 0.25) is 5.15 Å². The van der Waals surface area contributed by atoms with Crippen LogP contribution in [0.1, 0.15) is 17.3 Å². The lowest BCUT2D eigenvalue weighted by Crippen LogP contribution is -2.53. The predicted octanol–water partition coefficient (Wildman–Crippen LogP) is 1.10. The lowest BCUT2D eigenvalue weighted by molar-refractivity contribution is -0.143. The molecule has 21 heavy (non-hydrogen) atoms. The maximum atomic E-state index is 13.2. The Morgan fingerprint density at radius 3 is 2.57 bits per heavy atom. The molecule has 1 unspecified atom stereocenters. The second kappa shape index (κ2) is 6.36. The van der Waals surface area contributed by atoms with Crippen molar-refractivity contribution in [3.8, 4) is 0 Å². The first kappa shape index (κ1) is 15.7. The lowest BCUT2D eigenvalue weighted by atomic mass is 10.2. The fraction of sp³-hybridized carbons (Fsp3) is 0.462. The van der Waals surface area contributed by atoms with Crippen LogP contribution in [0, 0.1) is 5.82 Å². The Kier molecular flexibility index (Phi) is 4.74. The highest BCUT2D eigenvalue weighted by Crippen LogP contribution is 2.17. The number of rotatable bonds is 3. The minimum Gasteiger partial charge on any atom is -0.480 e. The molecular formula is C13H15ClFN3O3. The SMILES string of the molecule is CC(C(=O)O)N1CCN(C(=O)c2cc(F)cnc2Cl)CC1. The van der Waals surface area contributed by atoms with Crippen LogP contribution in [0.15, 0.2) is 12.3 Å². The number of aromatic nitrogens is 1. The van der Waals surface area contributed by atoms with E-state index in [2.05, 4.69) is 4.98 Å². The number of carboxylic acid groups (broad SMARTS) is 1. The molecule has 0 spiro atoms. The van der Waals surface area contributed by atoms with Crippen LogP contribution in [0.3, 0.4) is 0 Å². The summed E-state index contributed by atoms with van der Waals surface area (Å²) in [5, 5.41) is 8.93. The average molecular weight is 316 g/mol. The van der Waals surface area contributed by atoms with Gasteiger partial charge >= 0.3 is 5.97 Å². The van der Waals surface area contributed by atoms with E-state index >= 15 is 0 Å². The monoisotopic (exact) mass is 315 g/mol. The van der Waals surface area contributed by atoms with Gasteiger partial charge in [0.15, 0.2) is 0 Å². The molecule has 1 fully saturated rings. The lowest BCUT2D eigenvalue weighted by Gasteiger charge is -2.36. The summed E-state index contributed by atoms with van der Waals surface area (Å²) in [4.78, 5) is 30.1. The number of carbonyl (C=O) groups is 2. The minimum absolute atomic E-state index is 0.0244. The van der Waals surface area contributed by atoms with E-state index in [1.165, 1.54) is 4.90 Å². The van der Waals surface area contributed by atoms with Crippen molar-refractivity contribution in [3.63, 3.8) is 0 Å². The van der Waals surface area contributed by atoms with E-state index in [0.29, 0.717) is 26.2 Å². The first-order valence-electron chi connectivity index (χ1n) is 6.47. The first-order valence-corrected chi connectivity index (χ1v) is 6.85. The zero-order valence-electron chi connectivity index (χ0n) is 11.4. The number of hydrogen-bond donors (Lipinski definition) is 1. The summed E-state index contributed by atoms with van der Waals surface area (Å²) >= 11 is 5.82. The predicted molar refractivity (Wildman–Crippen MR) is 73.8 cm³/mol. The average Bonchev–Trinajstić information content (AvgIpc) is 2.48. The van der Waals surface area contributed by atoms with Gasteiger partial charge in [0, 0.05) is 26.2 Å². The molecule has 0 saturated carbocycles. The summed E-state index contributed by atoms with van der Waals surface area (Å²) in [6.45, 7) is 3.22. The van der Waals surface area contributed by atoms with Gasteiger partial charge in [-0.15, -0.1) is 0 Å². The van der Waals surface area contributed by atoms with E-state index in [1.807, 2.05) is 0 Å². The highest BCUT2D eigenvalue weighted by molar-refractivity contribution is 6.32. The number of amides is 1. The molecule has 1 aromatic heterocycles. The standard InChI is InChI=1S/C13H15ClFN3O3/c1-8(13(20)21)17-2-4-18(5-3-17)12(19)10-6-9(15)7-16-11(10)14/h6-8H,2-5H2,1H3,(H,20,21). The third-order valence-electron chi connectivity index (χ3n) is 3.54. The van der Waals surface area contributed by atoms with E-state index < -0.39 is 23.7 Å². The number of nitrogens with zero attached hydrogens (tertiary/aromatic N) is 3. The van der Waals surface area contributed by atoms with Crippen molar-refractivity contribution in [2.24, 2.45) is 0 Å². The largest absolute Gasteiger partial charge is 0.480 e. The molecule has 6 nitrogen and oxygen atoms in total. The summed E-state index contributed by atoms with van der Waals surface area (Å²) in [7, 11) is 0. The molecule has 0 aromatic carbocycles. The van der Waals surface area contributed by atoms with Crippen LogP contribution in [0.4, 0.5) is 4.39 Å². The van der Waals surface area contributed by atoms with Gasteiger partial charge in [-0.1, -0.05) is 11.6 Å². The van der Waals surface area contributed by atoms with E-state index in [0.717, 1.165) is 12.3 Å². The van der Waals surface area contributed by atoms with Gasteiger partial charge in [-0.3, -0.25) is 14.5 Å². The molecular weight excluding hydrogens is 301 g/mol. The molecule has 2 heterocycles. The Hall–Kier alpha value is -1.73. The van der Waals surface area contributed by atoms with Crippen LogP contribution in [-0.2, 0) is 4.79 Å². The maximum Gasteiger partial charge on any atom is 0.320 e. The second-order valence-electron chi connectivity index (χ2n) is 4.83. The molecule has 0 aliphatic carbocycles. The molecule has 1 N–H and O–H groups in total. The first-order chi connectivity index (χ1) is 9.90. The Bertz CT molecular complexity index is 562. The van der Waals surface area contributed by atoms with Crippen molar-refractivity contribution in [1.82, 2.24) is 14.8 Å². The third-order valence-corrected chi connectivity index (χ3v) is 3.84. The van der Waals surface area contributed by atoms with Gasteiger partial charge in [-0.25, -0.2) is 9.37 Å². The van der Waals surface area contributed by atoms with E-state index in [4.69, 9.17) is 16.7 Å². The number of pyridine rings is 1. The Morgan fingerprint density at radius 1 is 1.38 bits per heavy atom. The zero-order valence-corrected chi connectivity index (χ0v) is 12.2. The summed E-state index contributed by atoms with van der Waals surface area (Å²) in [5.74, 6) is -1.91. The van der Waals surface area contributed by atoms with Gasteiger partial charge < -0.3 is 10.0 Å². The molecule has 1 aromatic rings. The molecule has 1 aliphatic rings. The third kappa shape index (κ3) is 3.48. The molecule has 0 bridgehead atoms. The number of aliphatic carboxylic acids is 1. The van der Waals surface area contributed by atoms with Crippen LogP contribution in [0.5, 0.6) is 0 Å². The van der Waals surface area contributed by atoms with E-state index in [9.17, 15) is 14.0 Å². The molecule has 8 heteroatoms. The highest BCUT2D eigenvalue weighted by Gasteiger charge is 2.28. The van der Waals surface area contributed by atoms with Gasteiger partial charge in [-0.05, 0) is 13.0 Å². The molecule has 0 radical (unpaired) electrons. The van der Waals surface area contributed by atoms with Crippen molar-refractivity contribution in [2.45, 2.75) is 13.0 Å². The van der Waals surface area contributed by atoms with E-state index in [1.54, 1.807) is 11.8 Å². The topological polar surface area (TPSA) is 73.7 Å². The van der Waals surface area contributed by atoms with Gasteiger partial charge in [0.1, 0.15) is 17.0 Å². The van der Waals surface area contributed by atoms with Crippen LogP contribution in [0.25, 0.3) is 0 Å². The molecule has 1 amide bonds. The smallest absolute Gasteiger partial charge is 0.320 e. The number of piperazine rings is 1. The molecule has 1 atom stereocenters. The van der Waals surface area contributed by atoms with Crippen LogP contribution in [-0.4, -0.2) is 64.0 Å². The van der Waals surface area contributed by atoms with Crippen LogP contribution >= 0.6 is 11.6 Å². The highest BCUT2D eigenvalue weighted by atomic mass is 35.5. The number of hydrogen-bond acceptors (Lipinski definition) is 4. The van der Waals surface area contributed by atoms with Crippen molar-refractivity contribution < 1.29 is 19.1 Å². The van der Waals surface area contributed by atoms with Gasteiger partial charge in [0.2, 0.25) is 0 Å². The van der Waals surface area contributed by atoms with Crippen molar-refractivity contribution in [3.05, 3.63) is 28.8 Å². The number of carbonyl (C=O) groups excluding carboxylic acids is 1. The molecule has 2 rings (SSSR count). The zero-order chi connectivity index (χ0) is 15.6. The van der Waals surface area contributed by atoms with Gasteiger partial charge in [0.25, 0.3) is 5.91 Å². The summed E-state index contributed by atoms with van der Waals surface area (Å²) in [6.07, 6.45) is 0.950. The number of halogens is 2. The number of carboxylic acids is 1. The Morgan fingerprint density at radius 2 is 2.00 bits per heavy atom. The molecule has 1 aliphatic heterocycles. The normalized spacial score (nSPS) is 17.6. The van der Waals surface area contributed by atoms with Gasteiger partial charge in [0.05, 0.1) is 11.8 Å². The summed E-state index contributed by atoms with van der Waals surface area (Å²) in [5.41, 5.74) is 0.0244. The van der Waals surface area contributed by atoms with Crippen molar-refractivity contribution in [1.29, 1.82) is 0 Å². The van der Waals surface area contributed by atoms with Crippen LogP contribution < -0.4 is 0 Å². The summed E-state index contributed by atoms with van der Waals surface area (Å²) in [6, 6.07) is 0.464. The Balaban J connectivity index is 2.03. The minimum atomic E-state index is -0.896. The fourth-order valence-corrected chi connectivity index (χ4v) is 2.40. The second-order valence-corrected chi connectivity index (χ2v) is 5.19. The fourth-order valence-electron chi connectivity index (χ4n) is 2.21.